The quantitative estimate of drug-likeness (QED) is 0.766. The second-order valence-electron chi connectivity index (χ2n) is 7.76. The maximum Gasteiger partial charge on any atom is 0.414 e. The summed E-state index contributed by atoms with van der Waals surface area (Å²) in [5.74, 6) is -0.476. The van der Waals surface area contributed by atoms with Gasteiger partial charge in [-0.05, 0) is 44.0 Å². The van der Waals surface area contributed by atoms with E-state index in [1.165, 1.54) is 9.21 Å². The molecule has 0 spiro atoms. The number of ether oxygens (including phenoxy) is 1. The Kier molecular flexibility index (Phi) is 5.97. The molecule has 0 atom stereocenters. The summed E-state index contributed by atoms with van der Waals surface area (Å²) in [5, 5.41) is 2.91. The predicted octanol–water partition coefficient (Wildman–Crippen LogP) is 2.99. The Morgan fingerprint density at radius 3 is 2.35 bits per heavy atom. The van der Waals surface area contributed by atoms with E-state index in [2.05, 4.69) is 5.32 Å². The molecule has 2 fully saturated rings. The molecule has 1 N–H and O–H groups in total. The molecular weight excluding hydrogens is 418 g/mol. The maximum atomic E-state index is 12.9. The number of benzene rings is 2. The van der Waals surface area contributed by atoms with Crippen molar-refractivity contribution in [2.45, 2.75) is 24.7 Å². The first-order chi connectivity index (χ1) is 14.9. The highest BCUT2D eigenvalue weighted by molar-refractivity contribution is 7.89. The lowest BCUT2D eigenvalue weighted by Crippen LogP contribution is -2.41. The second kappa shape index (κ2) is 8.68. The molecule has 0 bridgehead atoms. The molecule has 2 aromatic rings. The van der Waals surface area contributed by atoms with Crippen LogP contribution in [0.15, 0.2) is 53.4 Å². The first-order valence-electron chi connectivity index (χ1n) is 10.3. The molecule has 2 aliphatic heterocycles. The summed E-state index contributed by atoms with van der Waals surface area (Å²) >= 11 is 0. The number of carbonyl (C=O) groups is 2. The van der Waals surface area contributed by atoms with Gasteiger partial charge < -0.3 is 10.1 Å². The maximum absolute atomic E-state index is 12.9. The Bertz CT molecular complexity index is 1080. The fourth-order valence-electron chi connectivity index (χ4n) is 3.88. The minimum Gasteiger partial charge on any atom is -0.447 e. The van der Waals surface area contributed by atoms with Gasteiger partial charge in [0.25, 0.3) is 0 Å². The van der Waals surface area contributed by atoms with Gasteiger partial charge in [0.05, 0.1) is 22.8 Å². The van der Waals surface area contributed by atoms with E-state index in [0.717, 1.165) is 5.56 Å². The highest BCUT2D eigenvalue weighted by atomic mass is 32.2. The number of aryl methyl sites for hydroxylation is 1. The zero-order valence-electron chi connectivity index (χ0n) is 17.3. The Labute approximate surface area is 181 Å². The van der Waals surface area contributed by atoms with Gasteiger partial charge in [0.1, 0.15) is 6.61 Å². The van der Waals surface area contributed by atoms with Crippen LogP contribution in [0.4, 0.5) is 16.2 Å². The van der Waals surface area contributed by atoms with Crippen molar-refractivity contribution >= 4 is 33.4 Å². The number of carbonyl (C=O) groups excluding carboxylic acids is 2. The smallest absolute Gasteiger partial charge is 0.414 e. The molecule has 2 aromatic carbocycles. The van der Waals surface area contributed by atoms with Gasteiger partial charge in [-0.25, -0.2) is 13.2 Å². The summed E-state index contributed by atoms with van der Waals surface area (Å²) < 4.78 is 32.2. The Hall–Kier alpha value is -2.91. The molecule has 8 nitrogen and oxygen atoms in total. The molecule has 31 heavy (non-hydrogen) atoms. The van der Waals surface area contributed by atoms with Crippen LogP contribution in [0.25, 0.3) is 0 Å². The van der Waals surface area contributed by atoms with Crippen LogP contribution in [-0.2, 0) is 19.6 Å². The lowest BCUT2D eigenvalue weighted by Gasteiger charge is -2.30. The fraction of sp³-hybridized carbons (Fsp3) is 0.364. The largest absolute Gasteiger partial charge is 0.447 e. The molecule has 2 saturated heterocycles. The van der Waals surface area contributed by atoms with Crippen molar-refractivity contribution in [3.8, 4) is 0 Å². The van der Waals surface area contributed by atoms with E-state index >= 15 is 0 Å². The van der Waals surface area contributed by atoms with Crippen LogP contribution in [0, 0.1) is 12.8 Å². The lowest BCUT2D eigenvalue weighted by molar-refractivity contribution is -0.120. The number of piperidine rings is 1. The minimum absolute atomic E-state index is 0.174. The lowest BCUT2D eigenvalue weighted by atomic mass is 9.97. The monoisotopic (exact) mass is 443 g/mol. The Morgan fingerprint density at radius 2 is 1.71 bits per heavy atom. The van der Waals surface area contributed by atoms with Crippen molar-refractivity contribution in [2.75, 3.05) is 36.5 Å². The summed E-state index contributed by atoms with van der Waals surface area (Å²) in [4.78, 5) is 26.5. The molecule has 0 unspecified atom stereocenters. The van der Waals surface area contributed by atoms with Crippen molar-refractivity contribution in [3.63, 3.8) is 0 Å². The summed E-state index contributed by atoms with van der Waals surface area (Å²) in [5.41, 5.74) is 2.13. The summed E-state index contributed by atoms with van der Waals surface area (Å²) in [7, 11) is -3.57. The SMILES string of the molecule is Cc1ccc(S(=O)(=O)N2CCC(C(=O)Nc3ccccc3N3CCOC3=O)CC2)cc1. The first kappa shape index (κ1) is 21.3. The van der Waals surface area contributed by atoms with Gasteiger partial charge in [-0.3, -0.25) is 9.69 Å². The van der Waals surface area contributed by atoms with Crippen LogP contribution < -0.4 is 10.2 Å². The number of sulfonamides is 1. The predicted molar refractivity (Wildman–Crippen MR) is 116 cm³/mol. The van der Waals surface area contributed by atoms with E-state index in [-0.39, 0.29) is 29.8 Å². The van der Waals surface area contributed by atoms with Crippen LogP contribution >= 0.6 is 0 Å². The van der Waals surface area contributed by atoms with Gasteiger partial charge in [0.2, 0.25) is 15.9 Å². The Morgan fingerprint density at radius 1 is 1.03 bits per heavy atom. The van der Waals surface area contributed by atoms with Crippen molar-refractivity contribution in [1.29, 1.82) is 0 Å². The molecule has 0 saturated carbocycles. The summed E-state index contributed by atoms with van der Waals surface area (Å²) in [6.07, 6.45) is 0.437. The van der Waals surface area contributed by atoms with Crippen molar-refractivity contribution in [1.82, 2.24) is 4.31 Å². The van der Waals surface area contributed by atoms with E-state index < -0.39 is 16.1 Å². The second-order valence-corrected chi connectivity index (χ2v) is 9.70. The Balaban J connectivity index is 1.40. The summed E-state index contributed by atoms with van der Waals surface area (Å²) in [6.45, 7) is 3.23. The number of hydrogen-bond donors (Lipinski definition) is 1. The van der Waals surface area contributed by atoms with Crippen LogP contribution in [-0.4, -0.2) is 51.0 Å². The van der Waals surface area contributed by atoms with E-state index in [0.29, 0.717) is 37.4 Å². The molecule has 2 amide bonds. The number of anilines is 2. The molecule has 4 rings (SSSR count). The summed E-state index contributed by atoms with van der Waals surface area (Å²) in [6, 6.07) is 13.9. The average molecular weight is 444 g/mol. The molecular formula is C22H25N3O5S. The average Bonchev–Trinajstić information content (AvgIpc) is 3.20. The van der Waals surface area contributed by atoms with Crippen molar-refractivity contribution in [2.24, 2.45) is 5.92 Å². The van der Waals surface area contributed by atoms with Crippen LogP contribution in [0.1, 0.15) is 18.4 Å². The molecule has 0 aromatic heterocycles. The fourth-order valence-corrected chi connectivity index (χ4v) is 5.35. The van der Waals surface area contributed by atoms with Crippen molar-refractivity contribution < 1.29 is 22.7 Å². The standard InChI is InChI=1S/C22H25N3O5S/c1-16-6-8-18(9-7-16)31(28,29)24-12-10-17(11-13-24)21(26)23-19-4-2-3-5-20(19)25-14-15-30-22(25)27/h2-9,17H,10-15H2,1H3,(H,23,26). The number of para-hydroxylation sites is 2. The number of nitrogens with zero attached hydrogens (tertiary/aromatic N) is 2. The zero-order valence-corrected chi connectivity index (χ0v) is 18.1. The molecule has 0 radical (unpaired) electrons. The van der Waals surface area contributed by atoms with Gasteiger partial charge in [0.15, 0.2) is 0 Å². The van der Waals surface area contributed by atoms with Gasteiger partial charge in [0, 0.05) is 19.0 Å². The number of hydrogen-bond acceptors (Lipinski definition) is 5. The highest BCUT2D eigenvalue weighted by Crippen LogP contribution is 2.30. The minimum atomic E-state index is -3.57. The number of rotatable bonds is 5. The van der Waals surface area contributed by atoms with E-state index in [1.807, 2.05) is 6.92 Å². The number of nitrogens with one attached hydrogen (secondary N) is 1. The first-order valence-corrected chi connectivity index (χ1v) is 11.7. The van der Waals surface area contributed by atoms with Gasteiger partial charge >= 0.3 is 6.09 Å². The van der Waals surface area contributed by atoms with E-state index in [4.69, 9.17) is 4.74 Å². The van der Waals surface area contributed by atoms with E-state index in [1.54, 1.807) is 48.5 Å². The van der Waals surface area contributed by atoms with Crippen molar-refractivity contribution in [3.05, 3.63) is 54.1 Å². The third kappa shape index (κ3) is 4.42. The molecule has 164 valence electrons. The van der Waals surface area contributed by atoms with Crippen LogP contribution in [0.5, 0.6) is 0 Å². The van der Waals surface area contributed by atoms with Gasteiger partial charge in [-0.2, -0.15) is 4.31 Å². The zero-order chi connectivity index (χ0) is 22.0. The molecule has 0 aliphatic carbocycles. The normalized spacial score (nSPS) is 18.1. The highest BCUT2D eigenvalue weighted by Gasteiger charge is 2.33. The van der Waals surface area contributed by atoms with Gasteiger partial charge in [-0.15, -0.1) is 0 Å². The number of cyclic esters (lactones) is 1. The molecule has 2 heterocycles. The molecule has 9 heteroatoms. The van der Waals surface area contributed by atoms with E-state index in [9.17, 15) is 18.0 Å². The third-order valence-corrected chi connectivity index (χ3v) is 7.61. The van der Waals surface area contributed by atoms with Crippen LogP contribution in [0.2, 0.25) is 0 Å². The van der Waals surface area contributed by atoms with Gasteiger partial charge in [-0.1, -0.05) is 29.8 Å². The van der Waals surface area contributed by atoms with Crippen LogP contribution in [0.3, 0.4) is 0 Å². The number of amides is 2. The third-order valence-electron chi connectivity index (χ3n) is 5.70. The molecule has 2 aliphatic rings. The topological polar surface area (TPSA) is 96.0 Å².